The second-order valence-electron chi connectivity index (χ2n) is 6.12. The third-order valence-corrected chi connectivity index (χ3v) is 5.58. The average Bonchev–Trinajstić information content (AvgIpc) is 2.59. The molecule has 0 aromatic heterocycles. The molecule has 1 aliphatic rings. The summed E-state index contributed by atoms with van der Waals surface area (Å²) in [6.07, 6.45) is 3.73. The largest absolute Gasteiger partial charge is 0.350 e. The van der Waals surface area contributed by atoms with Crippen LogP contribution in [-0.4, -0.2) is 39.9 Å². The van der Waals surface area contributed by atoms with Crippen molar-refractivity contribution in [2.75, 3.05) is 19.6 Å². The van der Waals surface area contributed by atoms with Gasteiger partial charge in [0.05, 0.1) is 18.0 Å². The summed E-state index contributed by atoms with van der Waals surface area (Å²) in [7, 11) is -3.74. The zero-order valence-electron chi connectivity index (χ0n) is 13.9. The zero-order valence-corrected chi connectivity index (χ0v) is 14.7. The van der Waals surface area contributed by atoms with Gasteiger partial charge in [0.15, 0.2) is 0 Å². The van der Waals surface area contributed by atoms with Gasteiger partial charge in [0.25, 0.3) is 5.92 Å². The Balaban J connectivity index is 1.86. The molecule has 1 aromatic rings. The minimum Gasteiger partial charge on any atom is -0.350 e. The second-order valence-corrected chi connectivity index (χ2v) is 7.89. The van der Waals surface area contributed by atoms with E-state index in [4.69, 9.17) is 5.73 Å². The summed E-state index contributed by atoms with van der Waals surface area (Å²) in [5.41, 5.74) is 7.08. The van der Waals surface area contributed by atoms with Crippen LogP contribution in [0, 0.1) is 0 Å². The lowest BCUT2D eigenvalue weighted by atomic mass is 9.92. The Morgan fingerprint density at radius 1 is 1.20 bits per heavy atom. The molecular formula is C16H23F2N3O3S. The highest BCUT2D eigenvalue weighted by Gasteiger charge is 2.27. The first-order valence-electron chi connectivity index (χ1n) is 8.19. The molecule has 2 rings (SSSR count). The van der Waals surface area contributed by atoms with Gasteiger partial charge in [0.1, 0.15) is 0 Å². The van der Waals surface area contributed by atoms with Crippen molar-refractivity contribution in [2.45, 2.75) is 42.9 Å². The molecule has 0 bridgehead atoms. The van der Waals surface area contributed by atoms with Crippen LogP contribution in [-0.2, 0) is 27.7 Å². The first kappa shape index (κ1) is 19.7. The van der Waals surface area contributed by atoms with Crippen LogP contribution >= 0.6 is 0 Å². The Labute approximate surface area is 146 Å². The van der Waals surface area contributed by atoms with Gasteiger partial charge in [-0.2, -0.15) is 0 Å². The number of carbonyl (C=O) groups is 1. The van der Waals surface area contributed by atoms with Crippen molar-refractivity contribution in [2.24, 2.45) is 5.73 Å². The number of sulfonamides is 1. The summed E-state index contributed by atoms with van der Waals surface area (Å²) in [6, 6.07) is 5.04. The maximum atomic E-state index is 12.9. The number of carbonyl (C=O) groups excluding carboxylic acids is 1. The van der Waals surface area contributed by atoms with Crippen LogP contribution in [0.25, 0.3) is 0 Å². The van der Waals surface area contributed by atoms with Crippen molar-refractivity contribution in [3.8, 4) is 0 Å². The van der Waals surface area contributed by atoms with Crippen LogP contribution < -0.4 is 15.8 Å². The fourth-order valence-corrected chi connectivity index (χ4v) is 3.73. The molecule has 4 N–H and O–H groups in total. The molecule has 0 unspecified atom stereocenters. The van der Waals surface area contributed by atoms with Gasteiger partial charge in [0, 0.05) is 13.0 Å². The smallest absolute Gasteiger partial charge is 0.277 e. The average molecular weight is 375 g/mol. The van der Waals surface area contributed by atoms with Crippen molar-refractivity contribution in [3.63, 3.8) is 0 Å². The van der Waals surface area contributed by atoms with E-state index in [9.17, 15) is 22.0 Å². The molecule has 9 heteroatoms. The van der Waals surface area contributed by atoms with Crippen LogP contribution in [0.15, 0.2) is 23.1 Å². The van der Waals surface area contributed by atoms with Crippen molar-refractivity contribution >= 4 is 15.9 Å². The molecule has 140 valence electrons. The standard InChI is InChI=1S/C16H23F2N3O3S/c17-16(18,10-19)11-20-15(22)7-8-21-25(23,24)14-6-5-12-3-1-2-4-13(12)9-14/h5-6,9,21H,1-4,7-8,10-11,19H2,(H,20,22). The summed E-state index contributed by atoms with van der Waals surface area (Å²) in [5, 5.41) is 2.04. The van der Waals surface area contributed by atoms with Gasteiger partial charge >= 0.3 is 0 Å². The van der Waals surface area contributed by atoms with E-state index < -0.39 is 34.9 Å². The van der Waals surface area contributed by atoms with Gasteiger partial charge < -0.3 is 11.1 Å². The summed E-state index contributed by atoms with van der Waals surface area (Å²) in [6.45, 7) is -1.89. The first-order valence-corrected chi connectivity index (χ1v) is 9.68. The maximum Gasteiger partial charge on any atom is 0.277 e. The van der Waals surface area contributed by atoms with E-state index in [2.05, 4.69) is 4.72 Å². The summed E-state index contributed by atoms with van der Waals surface area (Å²) in [5.74, 6) is -3.83. The third-order valence-electron chi connectivity index (χ3n) is 4.12. The predicted octanol–water partition coefficient (Wildman–Crippen LogP) is 0.944. The summed E-state index contributed by atoms with van der Waals surface area (Å²) in [4.78, 5) is 11.7. The molecule has 6 nitrogen and oxygen atoms in total. The monoisotopic (exact) mass is 375 g/mol. The number of nitrogens with one attached hydrogen (secondary N) is 2. The SMILES string of the molecule is NCC(F)(F)CNC(=O)CCNS(=O)(=O)c1ccc2c(c1)CCCC2. The van der Waals surface area contributed by atoms with Crippen molar-refractivity contribution in [3.05, 3.63) is 29.3 Å². The molecule has 25 heavy (non-hydrogen) atoms. The Bertz CT molecular complexity index is 723. The molecule has 1 aliphatic carbocycles. The van der Waals surface area contributed by atoms with E-state index >= 15 is 0 Å². The lowest BCUT2D eigenvalue weighted by Crippen LogP contribution is -2.42. The predicted molar refractivity (Wildman–Crippen MR) is 89.9 cm³/mol. The Hall–Kier alpha value is -1.58. The quantitative estimate of drug-likeness (QED) is 0.629. The maximum absolute atomic E-state index is 12.9. The van der Waals surface area contributed by atoms with Crippen LogP contribution in [0.4, 0.5) is 8.78 Å². The number of halogens is 2. The number of aryl methyl sites for hydroxylation is 2. The molecule has 0 heterocycles. The van der Waals surface area contributed by atoms with E-state index in [-0.39, 0.29) is 17.9 Å². The van der Waals surface area contributed by atoms with E-state index in [0.29, 0.717) is 0 Å². The first-order chi connectivity index (χ1) is 11.7. The minimum atomic E-state index is -3.74. The summed E-state index contributed by atoms with van der Waals surface area (Å²) >= 11 is 0. The van der Waals surface area contributed by atoms with Crippen LogP contribution in [0.3, 0.4) is 0 Å². The topological polar surface area (TPSA) is 101 Å². The van der Waals surface area contributed by atoms with Crippen molar-refractivity contribution < 1.29 is 22.0 Å². The van der Waals surface area contributed by atoms with Gasteiger partial charge in [0.2, 0.25) is 15.9 Å². The molecule has 1 aromatic carbocycles. The molecule has 1 amide bonds. The number of fused-ring (bicyclic) bond motifs is 1. The second kappa shape index (κ2) is 8.20. The van der Waals surface area contributed by atoms with Crippen LogP contribution in [0.1, 0.15) is 30.4 Å². The highest BCUT2D eigenvalue weighted by atomic mass is 32.2. The van der Waals surface area contributed by atoms with Gasteiger partial charge in [-0.15, -0.1) is 0 Å². The molecule has 0 aliphatic heterocycles. The fraction of sp³-hybridized carbons (Fsp3) is 0.562. The number of benzene rings is 1. The number of hydrogen-bond donors (Lipinski definition) is 3. The van der Waals surface area contributed by atoms with Gasteiger partial charge in [-0.25, -0.2) is 21.9 Å². The molecule has 0 saturated carbocycles. The van der Waals surface area contributed by atoms with Gasteiger partial charge in [-0.05, 0) is 48.9 Å². The number of alkyl halides is 2. The Kier molecular flexibility index (Phi) is 6.47. The third kappa shape index (κ3) is 5.72. The lowest BCUT2D eigenvalue weighted by Gasteiger charge is -2.17. The lowest BCUT2D eigenvalue weighted by molar-refractivity contribution is -0.122. The van der Waals surface area contributed by atoms with Crippen molar-refractivity contribution in [1.29, 1.82) is 0 Å². The van der Waals surface area contributed by atoms with E-state index in [1.807, 2.05) is 11.4 Å². The minimum absolute atomic E-state index is 0.156. The van der Waals surface area contributed by atoms with E-state index in [1.165, 1.54) is 5.56 Å². The molecule has 0 fully saturated rings. The summed E-state index contributed by atoms with van der Waals surface area (Å²) < 4.78 is 52.8. The molecular weight excluding hydrogens is 352 g/mol. The highest BCUT2D eigenvalue weighted by molar-refractivity contribution is 7.89. The molecule has 0 saturated heterocycles. The van der Waals surface area contributed by atoms with E-state index in [1.54, 1.807) is 12.1 Å². The molecule has 0 spiro atoms. The zero-order chi connectivity index (χ0) is 18.5. The van der Waals surface area contributed by atoms with Gasteiger partial charge in [-0.1, -0.05) is 6.07 Å². The van der Waals surface area contributed by atoms with Gasteiger partial charge in [-0.3, -0.25) is 4.79 Å². The molecule has 0 atom stereocenters. The van der Waals surface area contributed by atoms with Crippen molar-refractivity contribution in [1.82, 2.24) is 10.0 Å². The van der Waals surface area contributed by atoms with E-state index in [0.717, 1.165) is 31.2 Å². The number of nitrogens with two attached hydrogens (primary N) is 1. The molecule has 0 radical (unpaired) electrons. The van der Waals surface area contributed by atoms with Crippen LogP contribution in [0.5, 0.6) is 0 Å². The Morgan fingerprint density at radius 2 is 1.88 bits per heavy atom. The number of hydrogen-bond acceptors (Lipinski definition) is 4. The number of amides is 1. The number of rotatable bonds is 8. The van der Waals surface area contributed by atoms with Crippen LogP contribution in [0.2, 0.25) is 0 Å². The highest BCUT2D eigenvalue weighted by Crippen LogP contribution is 2.24. The Morgan fingerprint density at radius 3 is 2.56 bits per heavy atom. The normalized spacial score (nSPS) is 14.8. The fourth-order valence-electron chi connectivity index (χ4n) is 2.65.